The maximum absolute atomic E-state index is 13.2. The summed E-state index contributed by atoms with van der Waals surface area (Å²) < 4.78 is 1.99. The molecule has 1 aromatic carbocycles. The van der Waals surface area contributed by atoms with E-state index in [0.29, 0.717) is 5.56 Å². The second-order valence-electron chi connectivity index (χ2n) is 7.46. The van der Waals surface area contributed by atoms with Gasteiger partial charge in [-0.3, -0.25) is 14.5 Å². The molecule has 2 atom stereocenters. The van der Waals surface area contributed by atoms with Gasteiger partial charge in [0.2, 0.25) is 0 Å². The van der Waals surface area contributed by atoms with Gasteiger partial charge in [0.25, 0.3) is 5.91 Å². The third kappa shape index (κ3) is 2.57. The maximum Gasteiger partial charge on any atom is 0.256 e. The molecule has 0 unspecified atom stereocenters. The number of carbonyl (C=O) groups is 1. The van der Waals surface area contributed by atoms with Crippen molar-refractivity contribution in [2.45, 2.75) is 37.8 Å². The molecule has 5 nitrogen and oxygen atoms in total. The first-order chi connectivity index (χ1) is 13.2. The molecule has 2 aromatic heterocycles. The molecule has 27 heavy (non-hydrogen) atoms. The highest BCUT2D eigenvalue weighted by atomic mass is 16.2. The molecule has 5 heteroatoms. The highest BCUT2D eigenvalue weighted by molar-refractivity contribution is 5.94. The topological polar surface area (TPSA) is 51.0 Å². The molecule has 4 heterocycles. The van der Waals surface area contributed by atoms with E-state index in [-0.39, 0.29) is 18.0 Å². The van der Waals surface area contributed by atoms with Crippen LogP contribution >= 0.6 is 0 Å². The molecule has 1 amide bonds. The summed E-state index contributed by atoms with van der Waals surface area (Å²) in [5.74, 6) is 0.0790. The average Bonchev–Trinajstić information content (AvgIpc) is 3.04. The first kappa shape index (κ1) is 16.2. The Hall–Kier alpha value is -2.95. The number of aromatic nitrogens is 3. The summed E-state index contributed by atoms with van der Waals surface area (Å²) in [5, 5.41) is 4.88. The van der Waals surface area contributed by atoms with Crippen LogP contribution in [0, 0.1) is 0 Å². The lowest BCUT2D eigenvalue weighted by Gasteiger charge is -2.45. The van der Waals surface area contributed by atoms with Gasteiger partial charge in [-0.25, -0.2) is 0 Å². The number of nitrogens with zero attached hydrogens (tertiary/aromatic N) is 4. The summed E-state index contributed by atoms with van der Waals surface area (Å²) in [7, 11) is 2.01. The molecule has 1 fully saturated rings. The summed E-state index contributed by atoms with van der Waals surface area (Å²) in [6.45, 7) is 0. The van der Waals surface area contributed by atoms with Gasteiger partial charge in [0, 0.05) is 36.6 Å². The van der Waals surface area contributed by atoms with Crippen molar-refractivity contribution in [1.29, 1.82) is 0 Å². The fourth-order valence-corrected chi connectivity index (χ4v) is 4.74. The van der Waals surface area contributed by atoms with Crippen molar-refractivity contribution in [1.82, 2.24) is 19.7 Å². The largest absolute Gasteiger partial charge is 0.327 e. The monoisotopic (exact) mass is 358 g/mol. The molecule has 0 spiro atoms. The quantitative estimate of drug-likeness (QED) is 0.701. The Morgan fingerprint density at radius 1 is 1.11 bits per heavy atom. The average molecular weight is 358 g/mol. The molecule has 0 N–H and O–H groups in total. The Bertz CT molecular complexity index is 980. The number of pyridine rings is 1. The van der Waals surface area contributed by atoms with Crippen molar-refractivity contribution >= 4 is 5.91 Å². The van der Waals surface area contributed by atoms with E-state index >= 15 is 0 Å². The van der Waals surface area contributed by atoms with Crippen molar-refractivity contribution in [2.75, 3.05) is 0 Å². The second kappa shape index (κ2) is 6.34. The van der Waals surface area contributed by atoms with Crippen LogP contribution in [-0.2, 0) is 13.5 Å². The Morgan fingerprint density at radius 3 is 2.74 bits per heavy atom. The van der Waals surface area contributed by atoms with Crippen molar-refractivity contribution in [3.8, 4) is 11.3 Å². The van der Waals surface area contributed by atoms with Crippen LogP contribution in [0.1, 0.15) is 46.9 Å². The van der Waals surface area contributed by atoms with Crippen LogP contribution < -0.4 is 0 Å². The summed E-state index contributed by atoms with van der Waals surface area (Å²) >= 11 is 0. The van der Waals surface area contributed by atoms with E-state index in [4.69, 9.17) is 5.10 Å². The Kier molecular flexibility index (Phi) is 3.81. The lowest BCUT2D eigenvalue weighted by Crippen LogP contribution is -2.49. The highest BCUT2D eigenvalue weighted by Crippen LogP contribution is 2.44. The van der Waals surface area contributed by atoms with E-state index < -0.39 is 0 Å². The van der Waals surface area contributed by atoms with Gasteiger partial charge in [0.05, 0.1) is 23.0 Å². The number of benzene rings is 1. The minimum atomic E-state index is 0.0591. The second-order valence-corrected chi connectivity index (χ2v) is 7.46. The zero-order valence-electron chi connectivity index (χ0n) is 15.4. The van der Waals surface area contributed by atoms with Gasteiger partial charge in [-0.1, -0.05) is 30.3 Å². The number of piperidine rings is 1. The van der Waals surface area contributed by atoms with E-state index in [1.54, 1.807) is 12.4 Å². The van der Waals surface area contributed by atoms with Crippen LogP contribution in [0.5, 0.6) is 0 Å². The molecular formula is C22H22N4O. The summed E-state index contributed by atoms with van der Waals surface area (Å²) in [6, 6.07) is 14.4. The highest BCUT2D eigenvalue weighted by Gasteiger charge is 2.43. The smallest absolute Gasteiger partial charge is 0.256 e. The van der Waals surface area contributed by atoms with E-state index in [1.807, 2.05) is 29.9 Å². The number of carbonyl (C=O) groups excluding carboxylic acids is 1. The fourth-order valence-electron chi connectivity index (χ4n) is 4.74. The first-order valence-corrected chi connectivity index (χ1v) is 9.58. The lowest BCUT2D eigenvalue weighted by atomic mass is 9.81. The van der Waals surface area contributed by atoms with Crippen LogP contribution in [0.15, 0.2) is 54.9 Å². The maximum atomic E-state index is 13.2. The molecule has 136 valence electrons. The normalized spacial score (nSPS) is 21.0. The minimum absolute atomic E-state index is 0.0591. The number of amides is 1. The molecule has 2 bridgehead atoms. The molecule has 0 radical (unpaired) electrons. The Balaban J connectivity index is 1.59. The van der Waals surface area contributed by atoms with Crippen LogP contribution in [0.3, 0.4) is 0 Å². The molecule has 0 saturated carbocycles. The van der Waals surface area contributed by atoms with Crippen LogP contribution in [0.4, 0.5) is 0 Å². The zero-order valence-corrected chi connectivity index (χ0v) is 15.4. The molecular weight excluding hydrogens is 336 g/mol. The van der Waals surface area contributed by atoms with Gasteiger partial charge >= 0.3 is 0 Å². The number of rotatable bonds is 2. The molecule has 1 saturated heterocycles. The Labute approximate surface area is 158 Å². The minimum Gasteiger partial charge on any atom is -0.327 e. The van der Waals surface area contributed by atoms with E-state index in [2.05, 4.69) is 34.1 Å². The molecule has 3 aromatic rings. The van der Waals surface area contributed by atoms with Crippen molar-refractivity contribution in [2.24, 2.45) is 7.05 Å². The van der Waals surface area contributed by atoms with E-state index in [0.717, 1.165) is 31.4 Å². The predicted octanol–water partition coefficient (Wildman–Crippen LogP) is 3.77. The molecule has 2 aliphatic rings. The van der Waals surface area contributed by atoms with Crippen molar-refractivity contribution in [3.05, 3.63) is 71.7 Å². The predicted molar refractivity (Wildman–Crippen MR) is 103 cm³/mol. The van der Waals surface area contributed by atoms with Crippen molar-refractivity contribution in [3.63, 3.8) is 0 Å². The zero-order chi connectivity index (χ0) is 18.4. The summed E-state index contributed by atoms with van der Waals surface area (Å²) in [4.78, 5) is 19.4. The number of hydrogen-bond donors (Lipinski definition) is 0. The number of aryl methyl sites for hydroxylation is 1. The summed E-state index contributed by atoms with van der Waals surface area (Å²) in [6.07, 6.45) is 7.41. The number of hydrogen-bond acceptors (Lipinski definition) is 3. The van der Waals surface area contributed by atoms with Crippen LogP contribution in [0.25, 0.3) is 11.3 Å². The fraction of sp³-hybridized carbons (Fsp3) is 0.318. The van der Waals surface area contributed by atoms with Gasteiger partial charge in [0.1, 0.15) is 0 Å². The molecule has 5 rings (SSSR count). The van der Waals surface area contributed by atoms with Crippen LogP contribution in [-0.4, -0.2) is 31.6 Å². The van der Waals surface area contributed by atoms with E-state index in [1.165, 1.54) is 16.8 Å². The van der Waals surface area contributed by atoms with Gasteiger partial charge in [-0.2, -0.15) is 5.10 Å². The van der Waals surface area contributed by atoms with Gasteiger partial charge in [-0.05, 0) is 37.8 Å². The third-order valence-corrected chi connectivity index (χ3v) is 5.87. The SMILES string of the molecule is Cn1nc2c(c1-c1ccccc1)C[C@H]1CCC[C@@H]2N1C(=O)c1cccnc1. The van der Waals surface area contributed by atoms with Crippen molar-refractivity contribution < 1.29 is 4.79 Å². The molecule has 0 aliphatic carbocycles. The van der Waals surface area contributed by atoms with Gasteiger partial charge in [-0.15, -0.1) is 0 Å². The lowest BCUT2D eigenvalue weighted by molar-refractivity contribution is 0.0391. The Morgan fingerprint density at radius 2 is 1.96 bits per heavy atom. The standard InChI is InChI=1S/C22H22N4O/c1-25-21(15-7-3-2-4-8-15)18-13-17-10-5-11-19(20(18)24-25)26(17)22(27)16-9-6-12-23-14-16/h2-4,6-9,12,14,17,19H,5,10-11,13H2,1H3/t17-,19+/m1/s1. The third-order valence-electron chi connectivity index (χ3n) is 5.87. The van der Waals surface area contributed by atoms with Crippen LogP contribution in [0.2, 0.25) is 0 Å². The molecule has 2 aliphatic heterocycles. The first-order valence-electron chi connectivity index (χ1n) is 9.58. The number of fused-ring (bicyclic) bond motifs is 4. The van der Waals surface area contributed by atoms with E-state index in [9.17, 15) is 4.79 Å². The summed E-state index contributed by atoms with van der Waals surface area (Å²) in [5.41, 5.74) is 5.44. The van der Waals surface area contributed by atoms with Gasteiger partial charge in [0.15, 0.2) is 0 Å². The van der Waals surface area contributed by atoms with Gasteiger partial charge < -0.3 is 4.90 Å².